The van der Waals surface area contributed by atoms with Crippen LogP contribution in [0.25, 0.3) is 0 Å². The number of hydrogen-bond donors (Lipinski definition) is 0. The third-order valence-electron chi connectivity index (χ3n) is 5.87. The first-order chi connectivity index (χ1) is 15.3. The fraction of sp³-hybridized carbons (Fsp3) is 0.640. The quantitative estimate of drug-likeness (QED) is 0.631. The van der Waals surface area contributed by atoms with E-state index in [9.17, 15) is 14.4 Å². The maximum atomic E-state index is 13.2. The number of rotatable bonds is 4. The van der Waals surface area contributed by atoms with Gasteiger partial charge in [0, 0.05) is 38.0 Å². The van der Waals surface area contributed by atoms with Gasteiger partial charge >= 0.3 is 12.1 Å². The van der Waals surface area contributed by atoms with Gasteiger partial charge in [0.2, 0.25) is 0 Å². The zero-order chi connectivity index (χ0) is 24.6. The zero-order valence-electron chi connectivity index (χ0n) is 20.8. The Labute approximate surface area is 196 Å². The van der Waals surface area contributed by atoms with E-state index >= 15 is 0 Å². The molecule has 0 unspecified atom stereocenters. The lowest BCUT2D eigenvalue weighted by Crippen LogP contribution is -2.50. The highest BCUT2D eigenvalue weighted by Crippen LogP contribution is 2.35. The van der Waals surface area contributed by atoms with E-state index in [4.69, 9.17) is 14.2 Å². The first-order valence-electron chi connectivity index (χ1n) is 11.5. The van der Waals surface area contributed by atoms with Crippen molar-refractivity contribution >= 4 is 18.0 Å². The van der Waals surface area contributed by atoms with E-state index < -0.39 is 23.0 Å². The summed E-state index contributed by atoms with van der Waals surface area (Å²) in [6.45, 7) is 12.8. The molecule has 8 nitrogen and oxygen atoms in total. The van der Waals surface area contributed by atoms with Crippen molar-refractivity contribution in [1.29, 1.82) is 0 Å². The molecule has 0 saturated carbocycles. The number of carbonyl (C=O) groups excluding carboxylic acids is 3. The molecule has 0 spiro atoms. The van der Waals surface area contributed by atoms with E-state index in [1.165, 1.54) is 7.11 Å². The summed E-state index contributed by atoms with van der Waals surface area (Å²) in [5.74, 6) is 0.00226. The molecule has 0 radical (unpaired) electrons. The van der Waals surface area contributed by atoms with Crippen LogP contribution in [0.4, 0.5) is 4.79 Å². The van der Waals surface area contributed by atoms with Crippen molar-refractivity contribution in [2.24, 2.45) is 5.41 Å². The Balaban J connectivity index is 1.65. The second kappa shape index (κ2) is 9.23. The lowest BCUT2D eigenvalue weighted by Gasteiger charge is -2.35. The van der Waals surface area contributed by atoms with E-state index in [1.807, 2.05) is 53.7 Å². The molecule has 182 valence electrons. The molecule has 0 aromatic heterocycles. The molecule has 1 saturated heterocycles. The van der Waals surface area contributed by atoms with Crippen LogP contribution in [-0.2, 0) is 20.8 Å². The second-order valence-electron chi connectivity index (χ2n) is 10.8. The highest BCUT2D eigenvalue weighted by molar-refractivity contribution is 6.01. The zero-order valence-corrected chi connectivity index (χ0v) is 20.8. The maximum absolute atomic E-state index is 13.2. The summed E-state index contributed by atoms with van der Waals surface area (Å²) < 4.78 is 16.6. The van der Waals surface area contributed by atoms with Gasteiger partial charge in [0.1, 0.15) is 23.5 Å². The molecule has 0 bridgehead atoms. The van der Waals surface area contributed by atoms with E-state index in [0.717, 1.165) is 5.56 Å². The molecule has 0 N–H and O–H groups in total. The maximum Gasteiger partial charge on any atom is 0.410 e. The Hall–Kier alpha value is -2.77. The van der Waals surface area contributed by atoms with E-state index in [-0.39, 0.29) is 18.1 Å². The van der Waals surface area contributed by atoms with Gasteiger partial charge < -0.3 is 24.0 Å². The topological polar surface area (TPSA) is 85.4 Å². The smallest absolute Gasteiger partial charge is 0.410 e. The summed E-state index contributed by atoms with van der Waals surface area (Å²) in [6, 6.07) is 4.83. The molecule has 33 heavy (non-hydrogen) atoms. The number of hydrogen-bond acceptors (Lipinski definition) is 6. The lowest BCUT2D eigenvalue weighted by atomic mass is 9.85. The SMILES string of the molecule is COC(=O)[C@@H](N1Cc2ccc(OC3CCN(C(=O)OC(C)(C)C)CC3)cc2C1=O)C(C)(C)C. The molecule has 1 aromatic rings. The molecule has 1 atom stereocenters. The van der Waals surface area contributed by atoms with Gasteiger partial charge in [-0.15, -0.1) is 0 Å². The van der Waals surface area contributed by atoms with Gasteiger partial charge in [-0.1, -0.05) is 26.8 Å². The van der Waals surface area contributed by atoms with Crippen LogP contribution in [0.15, 0.2) is 18.2 Å². The van der Waals surface area contributed by atoms with Crippen molar-refractivity contribution in [3.63, 3.8) is 0 Å². The molecule has 2 aliphatic rings. The predicted octanol–water partition coefficient (Wildman–Crippen LogP) is 4.01. The minimum atomic E-state index is -0.677. The molecular formula is C25H36N2O6. The summed E-state index contributed by atoms with van der Waals surface area (Å²) in [6.07, 6.45) is 1.02. The number of carbonyl (C=O) groups is 3. The molecular weight excluding hydrogens is 424 g/mol. The minimum Gasteiger partial charge on any atom is -0.490 e. The van der Waals surface area contributed by atoms with Crippen LogP contribution in [0.2, 0.25) is 0 Å². The molecule has 8 heteroatoms. The highest BCUT2D eigenvalue weighted by atomic mass is 16.6. The second-order valence-corrected chi connectivity index (χ2v) is 10.8. The average molecular weight is 461 g/mol. The molecule has 2 heterocycles. The number of esters is 1. The third-order valence-corrected chi connectivity index (χ3v) is 5.87. The molecule has 1 aromatic carbocycles. The summed E-state index contributed by atoms with van der Waals surface area (Å²) in [7, 11) is 1.34. The molecule has 2 aliphatic heterocycles. The van der Waals surface area contributed by atoms with Crippen molar-refractivity contribution < 1.29 is 28.6 Å². The fourth-order valence-corrected chi connectivity index (χ4v) is 4.32. The van der Waals surface area contributed by atoms with Crippen molar-refractivity contribution in [1.82, 2.24) is 9.80 Å². The number of piperidine rings is 1. The fourth-order valence-electron chi connectivity index (χ4n) is 4.32. The normalized spacial score (nSPS) is 18.1. The Morgan fingerprint density at radius 2 is 1.70 bits per heavy atom. The highest BCUT2D eigenvalue weighted by Gasteiger charge is 2.43. The molecule has 2 amide bonds. The Morgan fingerprint density at radius 1 is 1.06 bits per heavy atom. The van der Waals surface area contributed by atoms with Gasteiger partial charge in [-0.25, -0.2) is 9.59 Å². The standard InChI is InChI=1S/C25H36N2O6/c1-24(2,3)20(22(29)31-7)27-15-16-8-9-18(14-19(16)21(27)28)32-17-10-12-26(13-11-17)23(30)33-25(4,5)6/h8-9,14,17,20H,10-13,15H2,1-7H3/t20-/m1/s1. The molecule has 0 aliphatic carbocycles. The van der Waals surface area contributed by atoms with Crippen LogP contribution in [0, 0.1) is 5.41 Å². The molecule has 3 rings (SSSR count). The van der Waals surface area contributed by atoms with Crippen LogP contribution in [0.3, 0.4) is 0 Å². The number of fused-ring (bicyclic) bond motifs is 1. The van der Waals surface area contributed by atoms with Crippen LogP contribution in [-0.4, -0.2) is 65.7 Å². The van der Waals surface area contributed by atoms with Gasteiger partial charge in [-0.05, 0) is 43.9 Å². The van der Waals surface area contributed by atoms with Crippen LogP contribution < -0.4 is 4.74 Å². The van der Waals surface area contributed by atoms with Crippen molar-refractivity contribution in [3.05, 3.63) is 29.3 Å². The van der Waals surface area contributed by atoms with Crippen molar-refractivity contribution in [2.45, 2.75) is 78.7 Å². The van der Waals surface area contributed by atoms with E-state index in [0.29, 0.717) is 43.8 Å². The first kappa shape index (κ1) is 24.9. The van der Waals surface area contributed by atoms with Crippen LogP contribution in [0.5, 0.6) is 5.75 Å². The van der Waals surface area contributed by atoms with Gasteiger partial charge in [0.15, 0.2) is 0 Å². The summed E-state index contributed by atoms with van der Waals surface area (Å²) in [5.41, 5.74) is 0.434. The Morgan fingerprint density at radius 3 is 2.24 bits per heavy atom. The summed E-state index contributed by atoms with van der Waals surface area (Å²) in [5, 5.41) is 0. The summed E-state index contributed by atoms with van der Waals surface area (Å²) in [4.78, 5) is 41.2. The monoisotopic (exact) mass is 460 g/mol. The Bertz CT molecular complexity index is 906. The number of nitrogens with zero attached hydrogens (tertiary/aromatic N) is 2. The van der Waals surface area contributed by atoms with Gasteiger partial charge in [0.05, 0.1) is 7.11 Å². The number of benzene rings is 1. The van der Waals surface area contributed by atoms with Gasteiger partial charge in [-0.2, -0.15) is 0 Å². The largest absolute Gasteiger partial charge is 0.490 e. The van der Waals surface area contributed by atoms with E-state index in [2.05, 4.69) is 0 Å². The van der Waals surface area contributed by atoms with Crippen molar-refractivity contribution in [3.8, 4) is 5.75 Å². The van der Waals surface area contributed by atoms with Crippen LogP contribution in [0.1, 0.15) is 70.3 Å². The lowest BCUT2D eigenvalue weighted by molar-refractivity contribution is -0.150. The average Bonchev–Trinajstić information content (AvgIpc) is 3.02. The summed E-state index contributed by atoms with van der Waals surface area (Å²) >= 11 is 0. The Kier molecular flexibility index (Phi) is 6.96. The predicted molar refractivity (Wildman–Crippen MR) is 123 cm³/mol. The minimum absolute atomic E-state index is 0.0493. The van der Waals surface area contributed by atoms with E-state index in [1.54, 1.807) is 15.9 Å². The van der Waals surface area contributed by atoms with Crippen LogP contribution >= 0.6 is 0 Å². The third kappa shape index (κ3) is 5.78. The number of likely N-dealkylation sites (tertiary alicyclic amines) is 1. The number of methoxy groups -OCH3 is 1. The van der Waals surface area contributed by atoms with Crippen molar-refractivity contribution in [2.75, 3.05) is 20.2 Å². The number of amides is 2. The first-order valence-corrected chi connectivity index (χ1v) is 11.5. The number of ether oxygens (including phenoxy) is 3. The molecule has 1 fully saturated rings. The van der Waals surface area contributed by atoms with Gasteiger partial charge in [-0.3, -0.25) is 4.79 Å². The van der Waals surface area contributed by atoms with Gasteiger partial charge in [0.25, 0.3) is 5.91 Å².